The number of allylic oxidation sites excluding steroid dienone is 2. The van der Waals surface area contributed by atoms with Gasteiger partial charge in [0.05, 0.1) is 16.7 Å². The third-order valence-electron chi connectivity index (χ3n) is 5.71. The highest BCUT2D eigenvalue weighted by molar-refractivity contribution is 6.42. The fourth-order valence-corrected chi connectivity index (χ4v) is 4.57. The van der Waals surface area contributed by atoms with Crippen LogP contribution in [-0.2, 0) is 9.59 Å². The summed E-state index contributed by atoms with van der Waals surface area (Å²) >= 11 is 12.2. The number of halogens is 2. The van der Waals surface area contributed by atoms with Crippen LogP contribution in [0.4, 0.5) is 0 Å². The minimum Gasteiger partial charge on any atom is -0.494 e. The monoisotopic (exact) mass is 443 g/mol. The number of amides is 1. The average molecular weight is 444 g/mol. The fraction of sp³-hybridized carbons (Fsp3) is 0.333. The first-order chi connectivity index (χ1) is 14.5. The van der Waals surface area contributed by atoms with Gasteiger partial charge in [-0.05, 0) is 54.2 Å². The van der Waals surface area contributed by atoms with E-state index in [0.29, 0.717) is 35.1 Å². The molecule has 0 saturated heterocycles. The smallest absolute Gasteiger partial charge is 0.225 e. The van der Waals surface area contributed by atoms with E-state index in [1.165, 1.54) is 0 Å². The minimum atomic E-state index is -0.290. The van der Waals surface area contributed by atoms with Crippen molar-refractivity contribution >= 4 is 34.9 Å². The molecule has 1 amide bonds. The highest BCUT2D eigenvalue weighted by atomic mass is 35.5. The Balaban J connectivity index is 1.61. The summed E-state index contributed by atoms with van der Waals surface area (Å²) in [6.45, 7) is 2.75. The summed E-state index contributed by atoms with van der Waals surface area (Å²) in [4.78, 5) is 25.6. The van der Waals surface area contributed by atoms with Crippen LogP contribution in [0.1, 0.15) is 55.6 Å². The Morgan fingerprint density at radius 2 is 1.70 bits per heavy atom. The van der Waals surface area contributed by atoms with Gasteiger partial charge in [0, 0.05) is 30.0 Å². The second kappa shape index (κ2) is 8.83. The standard InChI is InChI=1S/C24H23Cl2NO3/c1-2-9-30-17-6-3-14(4-7-17)16-11-21-24(22(28)12-16)18(13-23(29)27-21)15-5-8-19(25)20(26)10-15/h3-8,10,16,18H,2,9,11-13H2,1H3,(H,27,29). The van der Waals surface area contributed by atoms with E-state index in [1.807, 2.05) is 30.3 Å². The molecular weight excluding hydrogens is 421 g/mol. The van der Waals surface area contributed by atoms with E-state index in [-0.39, 0.29) is 29.9 Å². The highest BCUT2D eigenvalue weighted by Crippen LogP contribution is 2.43. The highest BCUT2D eigenvalue weighted by Gasteiger charge is 2.38. The maximum atomic E-state index is 13.2. The second-order valence-electron chi connectivity index (χ2n) is 7.82. The number of Topliss-reactive ketones (excluding diaryl/α,β-unsaturated/α-hetero) is 1. The van der Waals surface area contributed by atoms with Crippen molar-refractivity contribution in [3.05, 3.63) is 74.9 Å². The van der Waals surface area contributed by atoms with Gasteiger partial charge in [-0.2, -0.15) is 0 Å². The number of carbonyl (C=O) groups excluding carboxylic acids is 2. The van der Waals surface area contributed by atoms with Crippen molar-refractivity contribution in [2.45, 2.75) is 44.4 Å². The van der Waals surface area contributed by atoms with E-state index in [1.54, 1.807) is 12.1 Å². The molecule has 0 aromatic heterocycles. The number of carbonyl (C=O) groups is 2. The molecule has 1 aliphatic carbocycles. The van der Waals surface area contributed by atoms with Crippen LogP contribution in [0, 0.1) is 0 Å². The van der Waals surface area contributed by atoms with Crippen LogP contribution in [0.5, 0.6) is 5.75 Å². The molecular formula is C24H23Cl2NO3. The third kappa shape index (κ3) is 4.26. The zero-order valence-corrected chi connectivity index (χ0v) is 18.2. The van der Waals surface area contributed by atoms with Gasteiger partial charge in [-0.15, -0.1) is 0 Å². The van der Waals surface area contributed by atoms with Gasteiger partial charge in [0.25, 0.3) is 0 Å². The number of hydrogen-bond donors (Lipinski definition) is 1. The van der Waals surface area contributed by atoms with Gasteiger partial charge >= 0.3 is 0 Å². The molecule has 4 nitrogen and oxygen atoms in total. The van der Waals surface area contributed by atoms with Gasteiger partial charge in [0.15, 0.2) is 5.78 Å². The predicted octanol–water partition coefficient (Wildman–Crippen LogP) is 5.79. The normalized spacial score (nSPS) is 21.3. The van der Waals surface area contributed by atoms with Crippen molar-refractivity contribution < 1.29 is 14.3 Å². The molecule has 2 aliphatic rings. The molecule has 156 valence electrons. The Labute approximate surface area is 186 Å². The molecule has 0 radical (unpaired) electrons. The van der Waals surface area contributed by atoms with Gasteiger partial charge in [0.1, 0.15) is 5.75 Å². The number of ketones is 1. The molecule has 1 aliphatic heterocycles. The third-order valence-corrected chi connectivity index (χ3v) is 6.45. The van der Waals surface area contributed by atoms with E-state index in [2.05, 4.69) is 12.2 Å². The minimum absolute atomic E-state index is 0.0318. The Morgan fingerprint density at radius 1 is 0.967 bits per heavy atom. The Bertz CT molecular complexity index is 1010. The van der Waals surface area contributed by atoms with Gasteiger partial charge in [-0.25, -0.2) is 0 Å². The number of rotatable bonds is 5. The van der Waals surface area contributed by atoms with E-state index in [9.17, 15) is 9.59 Å². The van der Waals surface area contributed by atoms with Crippen LogP contribution >= 0.6 is 23.2 Å². The lowest BCUT2D eigenvalue weighted by Gasteiger charge is -2.34. The SMILES string of the molecule is CCCOc1ccc(C2CC(=O)C3=C(C2)NC(=O)CC3c2ccc(Cl)c(Cl)c2)cc1. The van der Waals surface area contributed by atoms with Gasteiger partial charge in [0.2, 0.25) is 5.91 Å². The molecule has 2 unspecified atom stereocenters. The largest absolute Gasteiger partial charge is 0.494 e. The lowest BCUT2D eigenvalue weighted by molar-refractivity contribution is -0.122. The average Bonchev–Trinajstić information content (AvgIpc) is 2.73. The van der Waals surface area contributed by atoms with Crippen LogP contribution < -0.4 is 10.1 Å². The maximum Gasteiger partial charge on any atom is 0.225 e. The van der Waals surface area contributed by atoms with Crippen molar-refractivity contribution in [2.24, 2.45) is 0 Å². The summed E-state index contributed by atoms with van der Waals surface area (Å²) in [5.41, 5.74) is 3.35. The quantitative estimate of drug-likeness (QED) is 0.636. The topological polar surface area (TPSA) is 55.4 Å². The fourth-order valence-electron chi connectivity index (χ4n) is 4.27. The zero-order chi connectivity index (χ0) is 21.3. The van der Waals surface area contributed by atoms with Gasteiger partial charge < -0.3 is 10.1 Å². The van der Waals surface area contributed by atoms with E-state index >= 15 is 0 Å². The van der Waals surface area contributed by atoms with Gasteiger partial charge in [-0.3, -0.25) is 9.59 Å². The van der Waals surface area contributed by atoms with Crippen LogP contribution in [0.25, 0.3) is 0 Å². The summed E-state index contributed by atoms with van der Waals surface area (Å²) < 4.78 is 5.65. The summed E-state index contributed by atoms with van der Waals surface area (Å²) in [7, 11) is 0. The first kappa shape index (κ1) is 21.0. The van der Waals surface area contributed by atoms with E-state index in [0.717, 1.165) is 29.0 Å². The van der Waals surface area contributed by atoms with Crippen LogP contribution in [0.2, 0.25) is 10.0 Å². The maximum absolute atomic E-state index is 13.2. The molecule has 1 heterocycles. The molecule has 0 fully saturated rings. The Morgan fingerprint density at radius 3 is 2.40 bits per heavy atom. The number of hydrogen-bond acceptors (Lipinski definition) is 3. The number of benzene rings is 2. The Hall–Kier alpha value is -2.30. The molecule has 2 aromatic rings. The summed E-state index contributed by atoms with van der Waals surface area (Å²) in [5.74, 6) is 0.560. The summed E-state index contributed by atoms with van der Waals surface area (Å²) in [6.07, 6.45) is 2.23. The zero-order valence-electron chi connectivity index (χ0n) is 16.7. The van der Waals surface area contributed by atoms with Crippen LogP contribution in [-0.4, -0.2) is 18.3 Å². The van der Waals surface area contributed by atoms with Gasteiger partial charge in [-0.1, -0.05) is 48.3 Å². The van der Waals surface area contributed by atoms with Crippen LogP contribution in [0.15, 0.2) is 53.7 Å². The molecule has 2 atom stereocenters. The summed E-state index contributed by atoms with van der Waals surface area (Å²) in [6, 6.07) is 13.2. The Kier molecular flexibility index (Phi) is 6.16. The second-order valence-corrected chi connectivity index (χ2v) is 8.63. The molecule has 6 heteroatoms. The molecule has 4 rings (SSSR count). The molecule has 2 aromatic carbocycles. The number of nitrogens with one attached hydrogen (secondary N) is 1. The van der Waals surface area contributed by atoms with Crippen molar-refractivity contribution in [2.75, 3.05) is 6.61 Å². The van der Waals surface area contributed by atoms with Crippen molar-refractivity contribution in [3.63, 3.8) is 0 Å². The first-order valence-electron chi connectivity index (χ1n) is 10.2. The molecule has 0 bridgehead atoms. The van der Waals surface area contributed by atoms with Crippen LogP contribution in [0.3, 0.4) is 0 Å². The number of ether oxygens (including phenoxy) is 1. The van der Waals surface area contributed by atoms with E-state index in [4.69, 9.17) is 27.9 Å². The van der Waals surface area contributed by atoms with Crippen molar-refractivity contribution in [1.82, 2.24) is 5.32 Å². The van der Waals surface area contributed by atoms with Crippen molar-refractivity contribution in [1.29, 1.82) is 0 Å². The molecule has 1 N–H and O–H groups in total. The summed E-state index contributed by atoms with van der Waals surface area (Å²) in [5, 5.41) is 3.83. The van der Waals surface area contributed by atoms with Crippen molar-refractivity contribution in [3.8, 4) is 5.75 Å². The lowest BCUT2D eigenvalue weighted by Crippen LogP contribution is -2.38. The van der Waals surface area contributed by atoms with E-state index < -0.39 is 0 Å². The molecule has 30 heavy (non-hydrogen) atoms. The molecule has 0 saturated carbocycles. The lowest BCUT2D eigenvalue weighted by atomic mass is 9.73. The molecule has 0 spiro atoms. The first-order valence-corrected chi connectivity index (χ1v) is 11.0. The predicted molar refractivity (Wildman–Crippen MR) is 118 cm³/mol.